The Balaban J connectivity index is 1.50. The number of nitrogens with one attached hydrogen (secondary N) is 3. The van der Waals surface area contributed by atoms with Crippen molar-refractivity contribution in [2.75, 3.05) is 5.32 Å². The monoisotopic (exact) mass is 559 g/mol. The third-order valence-corrected chi connectivity index (χ3v) is 9.77. The van der Waals surface area contributed by atoms with Crippen LogP contribution in [0.5, 0.6) is 0 Å². The van der Waals surface area contributed by atoms with Crippen molar-refractivity contribution < 1.29 is 19.1 Å². The van der Waals surface area contributed by atoms with E-state index in [9.17, 15) is 14.7 Å². The number of aliphatic hydroxyl groups excluding tert-OH is 1. The number of hydrogen-bond acceptors (Lipinski definition) is 4. The second-order valence-corrected chi connectivity index (χ2v) is 12.2. The molecule has 6 rings (SSSR count). The zero-order chi connectivity index (χ0) is 26.6. The van der Waals surface area contributed by atoms with Gasteiger partial charge in [0, 0.05) is 28.7 Å². The Bertz CT molecular complexity index is 1260. The number of halogens is 3. The smallest absolute Gasteiger partial charge is 0.238 e. The molecule has 6 nitrogen and oxygen atoms in total. The molecule has 2 aromatic rings. The number of aliphatic hydroxyl groups is 1. The van der Waals surface area contributed by atoms with E-state index in [0.717, 1.165) is 31.2 Å². The molecule has 2 amide bonds. The number of carbonyl (C=O) groups is 2. The Hall–Kier alpha value is -2.19. The van der Waals surface area contributed by atoms with Crippen LogP contribution >= 0.6 is 23.2 Å². The fourth-order valence-electron chi connectivity index (χ4n) is 7.55. The predicted octanol–water partition coefficient (Wildman–Crippen LogP) is 5.06. The van der Waals surface area contributed by atoms with Crippen molar-refractivity contribution in [1.82, 2.24) is 10.6 Å². The van der Waals surface area contributed by atoms with Crippen molar-refractivity contribution in [2.45, 2.75) is 86.9 Å². The number of rotatable bonds is 4. The lowest BCUT2D eigenvalue weighted by atomic mass is 9.62. The maximum absolute atomic E-state index is 15.8. The minimum absolute atomic E-state index is 0.0443. The topological polar surface area (TPSA) is 90.5 Å². The molecule has 1 saturated heterocycles. The van der Waals surface area contributed by atoms with E-state index in [1.165, 1.54) is 6.07 Å². The van der Waals surface area contributed by atoms with Crippen LogP contribution in [-0.4, -0.2) is 41.2 Å². The summed E-state index contributed by atoms with van der Waals surface area (Å²) < 4.78 is 15.8. The normalized spacial score (nSPS) is 32.9. The molecule has 38 heavy (non-hydrogen) atoms. The molecule has 4 N–H and O–H groups in total. The average Bonchev–Trinajstić information content (AvgIpc) is 3.60. The van der Waals surface area contributed by atoms with Gasteiger partial charge in [-0.05, 0) is 73.8 Å². The van der Waals surface area contributed by atoms with E-state index in [1.54, 1.807) is 24.3 Å². The van der Waals surface area contributed by atoms with Gasteiger partial charge in [0.2, 0.25) is 11.8 Å². The van der Waals surface area contributed by atoms with Crippen molar-refractivity contribution in [3.8, 4) is 0 Å². The average molecular weight is 560 g/mol. The lowest BCUT2D eigenvalue weighted by Gasteiger charge is -2.38. The molecule has 2 aromatic carbocycles. The van der Waals surface area contributed by atoms with Crippen LogP contribution in [0.15, 0.2) is 36.4 Å². The minimum Gasteiger partial charge on any atom is -0.393 e. The molecule has 9 heteroatoms. The number of carbonyl (C=O) groups excluding carboxylic acids is 2. The molecule has 3 fully saturated rings. The van der Waals surface area contributed by atoms with Crippen molar-refractivity contribution in [1.29, 1.82) is 0 Å². The van der Waals surface area contributed by atoms with Crippen molar-refractivity contribution in [2.24, 2.45) is 5.92 Å². The van der Waals surface area contributed by atoms with E-state index >= 15 is 4.39 Å². The van der Waals surface area contributed by atoms with Gasteiger partial charge in [-0.3, -0.25) is 9.59 Å². The highest BCUT2D eigenvalue weighted by atomic mass is 35.5. The van der Waals surface area contributed by atoms with E-state index in [-0.39, 0.29) is 46.5 Å². The molecular weight excluding hydrogens is 528 g/mol. The number of amides is 2. The summed E-state index contributed by atoms with van der Waals surface area (Å²) in [7, 11) is 0. The Morgan fingerprint density at radius 2 is 1.79 bits per heavy atom. The summed E-state index contributed by atoms with van der Waals surface area (Å²) in [6.45, 7) is 0. The van der Waals surface area contributed by atoms with Gasteiger partial charge in [-0.1, -0.05) is 54.2 Å². The minimum atomic E-state index is -1.22. The van der Waals surface area contributed by atoms with Crippen LogP contribution in [0.1, 0.15) is 68.4 Å². The largest absolute Gasteiger partial charge is 0.393 e. The Morgan fingerprint density at radius 3 is 2.53 bits per heavy atom. The highest BCUT2D eigenvalue weighted by Crippen LogP contribution is 2.58. The van der Waals surface area contributed by atoms with Gasteiger partial charge in [-0.25, -0.2) is 4.39 Å². The third-order valence-electron chi connectivity index (χ3n) is 9.24. The summed E-state index contributed by atoms with van der Waals surface area (Å²) >= 11 is 12.6. The number of anilines is 1. The first-order valence-corrected chi connectivity index (χ1v) is 14.4. The summed E-state index contributed by atoms with van der Waals surface area (Å²) in [6.07, 6.45) is 6.20. The summed E-state index contributed by atoms with van der Waals surface area (Å²) in [6, 6.07) is 8.80. The molecule has 1 spiro atoms. The van der Waals surface area contributed by atoms with Gasteiger partial charge in [0.25, 0.3) is 0 Å². The molecule has 202 valence electrons. The van der Waals surface area contributed by atoms with Gasteiger partial charge in [-0.2, -0.15) is 0 Å². The highest BCUT2D eigenvalue weighted by molar-refractivity contribution is 6.31. The van der Waals surface area contributed by atoms with Gasteiger partial charge in [0.15, 0.2) is 0 Å². The number of benzene rings is 2. The van der Waals surface area contributed by atoms with Gasteiger partial charge >= 0.3 is 0 Å². The maximum atomic E-state index is 15.8. The summed E-state index contributed by atoms with van der Waals surface area (Å²) in [4.78, 5) is 28.2. The fraction of sp³-hybridized carbons (Fsp3) is 0.517. The number of hydrogen-bond donors (Lipinski definition) is 4. The van der Waals surface area contributed by atoms with Gasteiger partial charge in [0.05, 0.1) is 17.2 Å². The van der Waals surface area contributed by atoms with E-state index in [4.69, 9.17) is 23.2 Å². The summed E-state index contributed by atoms with van der Waals surface area (Å²) in [5, 5.41) is 20.1. The lowest BCUT2D eigenvalue weighted by Crippen LogP contribution is -2.51. The molecule has 0 aromatic heterocycles. The van der Waals surface area contributed by atoms with Crippen LogP contribution in [0.4, 0.5) is 10.1 Å². The van der Waals surface area contributed by atoms with E-state index in [1.807, 2.05) is 6.07 Å². The quantitative estimate of drug-likeness (QED) is 0.421. The fourth-order valence-corrected chi connectivity index (χ4v) is 7.90. The van der Waals surface area contributed by atoms with Crippen molar-refractivity contribution >= 4 is 40.7 Å². The van der Waals surface area contributed by atoms with Gasteiger partial charge < -0.3 is 21.1 Å². The molecule has 2 saturated carbocycles. The maximum Gasteiger partial charge on any atom is 0.238 e. The van der Waals surface area contributed by atoms with E-state index in [2.05, 4.69) is 16.0 Å². The van der Waals surface area contributed by atoms with Crippen LogP contribution < -0.4 is 16.0 Å². The highest BCUT2D eigenvalue weighted by Gasteiger charge is 2.67. The standard InChI is InChI=1S/C29H32Cl2FN3O3/c30-16-8-13-20-22(14-16)34-28(38)29(20)23(19-6-3-7-21(31)24(19)32)25(35-26(29)15-4-1-2-5-15)27(37)33-17-9-11-18(36)12-10-17/h3,6-8,13-15,17-18,23,25-26,35-36H,1-2,4-5,9-12H2,(H,33,37)(H,34,38)/t17?,18?,23-,25+,26-,29-/m0/s1. The van der Waals surface area contributed by atoms with Crippen molar-refractivity contribution in [3.05, 3.63) is 63.4 Å². The predicted molar refractivity (Wildman–Crippen MR) is 145 cm³/mol. The third kappa shape index (κ3) is 4.14. The first-order chi connectivity index (χ1) is 18.3. The zero-order valence-electron chi connectivity index (χ0n) is 21.0. The van der Waals surface area contributed by atoms with Crippen LogP contribution in [0.3, 0.4) is 0 Å². The second-order valence-electron chi connectivity index (χ2n) is 11.3. The van der Waals surface area contributed by atoms with Gasteiger partial charge in [-0.15, -0.1) is 0 Å². The second kappa shape index (κ2) is 10.1. The summed E-state index contributed by atoms with van der Waals surface area (Å²) in [5.74, 6) is -1.80. The van der Waals surface area contributed by atoms with Gasteiger partial charge in [0.1, 0.15) is 11.2 Å². The SMILES string of the molecule is O=C(NC1CCC(O)CC1)[C@@H]1N[C@@H](C2CCCC2)[C@@]2(C(=O)Nc3cc(Cl)ccc32)[C@H]1c1cccc(Cl)c1F. The molecule has 2 aliphatic heterocycles. The molecule has 0 bridgehead atoms. The molecular formula is C29H32Cl2FN3O3. The first kappa shape index (κ1) is 26.1. The van der Waals surface area contributed by atoms with Crippen LogP contribution in [0.2, 0.25) is 10.0 Å². The first-order valence-electron chi connectivity index (χ1n) is 13.6. The molecule has 4 aliphatic rings. The number of fused-ring (bicyclic) bond motifs is 2. The molecule has 2 aliphatic carbocycles. The molecule has 0 unspecified atom stereocenters. The molecule has 2 heterocycles. The Labute approximate surface area is 231 Å². The van der Waals surface area contributed by atoms with E-state index < -0.39 is 23.2 Å². The lowest BCUT2D eigenvalue weighted by molar-refractivity contribution is -0.124. The van der Waals surface area contributed by atoms with Crippen LogP contribution in [0.25, 0.3) is 0 Å². The van der Waals surface area contributed by atoms with Crippen LogP contribution in [-0.2, 0) is 15.0 Å². The van der Waals surface area contributed by atoms with Crippen LogP contribution in [0, 0.1) is 11.7 Å². The van der Waals surface area contributed by atoms with E-state index in [0.29, 0.717) is 36.4 Å². The summed E-state index contributed by atoms with van der Waals surface area (Å²) in [5.41, 5.74) is 0.368. The molecule has 4 atom stereocenters. The van der Waals surface area contributed by atoms with Crippen molar-refractivity contribution in [3.63, 3.8) is 0 Å². The Kier molecular flexibility index (Phi) is 6.92. The Morgan fingerprint density at radius 1 is 1.05 bits per heavy atom. The molecule has 0 radical (unpaired) electrons. The zero-order valence-corrected chi connectivity index (χ0v) is 22.5.